The molecule has 2 atom stereocenters. The number of ketones is 1. The van der Waals surface area contributed by atoms with Gasteiger partial charge in [0.2, 0.25) is 0 Å². The van der Waals surface area contributed by atoms with Gasteiger partial charge in [-0.1, -0.05) is 43.9 Å². The highest BCUT2D eigenvalue weighted by Crippen LogP contribution is 2.32. The summed E-state index contributed by atoms with van der Waals surface area (Å²) in [4.78, 5) is 26.9. The van der Waals surface area contributed by atoms with E-state index in [9.17, 15) is 4.79 Å². The Balaban J connectivity index is 1.21. The molecule has 0 amide bonds. The molecule has 1 aliphatic carbocycles. The Hall–Kier alpha value is -3.80. The van der Waals surface area contributed by atoms with Gasteiger partial charge in [0.05, 0.1) is 19.2 Å². The van der Waals surface area contributed by atoms with Crippen LogP contribution in [0.2, 0.25) is 0 Å². The Morgan fingerprint density at radius 3 is 2.42 bits per heavy atom. The van der Waals surface area contributed by atoms with Crippen LogP contribution in [0.5, 0.6) is 5.75 Å². The summed E-state index contributed by atoms with van der Waals surface area (Å²) in [5.74, 6) is 4.07. The molecule has 2 aromatic heterocycles. The normalized spacial score (nSPS) is 17.6. The molecule has 5 rings (SSSR count). The van der Waals surface area contributed by atoms with Crippen molar-refractivity contribution in [2.24, 2.45) is 11.8 Å². The van der Waals surface area contributed by atoms with Gasteiger partial charge in [-0.2, -0.15) is 0 Å². The van der Waals surface area contributed by atoms with Gasteiger partial charge in [0.25, 0.3) is 0 Å². The van der Waals surface area contributed by atoms with Crippen LogP contribution in [0.3, 0.4) is 0 Å². The summed E-state index contributed by atoms with van der Waals surface area (Å²) < 4.78 is 7.35. The van der Waals surface area contributed by atoms with E-state index in [1.165, 1.54) is 32.1 Å². The smallest absolute Gasteiger partial charge is 0.140 e. The molecule has 1 aliphatic rings. The number of Topliss-reactive ketones (excluding diaryl/α,β-unsaturated/α-hetero) is 1. The van der Waals surface area contributed by atoms with Crippen molar-refractivity contribution in [2.45, 2.75) is 57.8 Å². The predicted octanol–water partition coefficient (Wildman–Crippen LogP) is 6.67. The number of hydrogen-bond acceptors (Lipinski definition) is 5. The first-order valence-corrected chi connectivity index (χ1v) is 13.7. The van der Waals surface area contributed by atoms with Crippen LogP contribution in [0, 0.1) is 11.8 Å². The number of rotatable bonds is 10. The van der Waals surface area contributed by atoms with Crippen LogP contribution in [0.25, 0.3) is 16.9 Å². The zero-order valence-corrected chi connectivity index (χ0v) is 22.1. The highest BCUT2D eigenvalue weighted by Gasteiger charge is 2.21. The van der Waals surface area contributed by atoms with Crippen LogP contribution >= 0.6 is 0 Å². The van der Waals surface area contributed by atoms with E-state index in [0.29, 0.717) is 24.7 Å². The highest BCUT2D eigenvalue weighted by atomic mass is 16.5. The summed E-state index contributed by atoms with van der Waals surface area (Å²) in [6.45, 7) is 0. The fraction of sp³-hybridized carbons (Fsp3) is 0.375. The Labute approximate surface area is 225 Å². The van der Waals surface area contributed by atoms with E-state index in [4.69, 9.17) is 9.72 Å². The van der Waals surface area contributed by atoms with Gasteiger partial charge in [-0.15, -0.1) is 0 Å². The maximum atomic E-state index is 13.2. The fourth-order valence-electron chi connectivity index (χ4n) is 5.53. The monoisotopic (exact) mass is 508 g/mol. The molecule has 0 bridgehead atoms. The lowest BCUT2D eigenvalue weighted by Gasteiger charge is -2.15. The third-order valence-corrected chi connectivity index (χ3v) is 7.68. The van der Waals surface area contributed by atoms with Crippen molar-refractivity contribution in [3.8, 4) is 22.7 Å². The van der Waals surface area contributed by atoms with E-state index in [1.54, 1.807) is 7.11 Å². The molecule has 2 heterocycles. The Bertz CT molecular complexity index is 1300. The molecule has 0 spiro atoms. The highest BCUT2D eigenvalue weighted by molar-refractivity contribution is 5.80. The van der Waals surface area contributed by atoms with Gasteiger partial charge in [-0.3, -0.25) is 4.79 Å². The second-order valence-corrected chi connectivity index (χ2v) is 10.3. The first-order valence-electron chi connectivity index (χ1n) is 13.7. The number of methoxy groups -OCH3 is 1. The van der Waals surface area contributed by atoms with E-state index in [1.807, 2.05) is 67.1 Å². The van der Waals surface area contributed by atoms with Crippen LogP contribution in [0.1, 0.15) is 56.6 Å². The second kappa shape index (κ2) is 12.6. The number of nitrogens with zero attached hydrogens (tertiary/aromatic N) is 4. The Kier molecular flexibility index (Phi) is 8.59. The van der Waals surface area contributed by atoms with Crippen molar-refractivity contribution in [1.82, 2.24) is 19.5 Å². The Morgan fingerprint density at radius 2 is 1.66 bits per heavy atom. The molecule has 6 heteroatoms. The largest absolute Gasteiger partial charge is 0.497 e. The van der Waals surface area contributed by atoms with Crippen LogP contribution in [0.4, 0.5) is 0 Å². The van der Waals surface area contributed by atoms with Crippen LogP contribution in [-0.2, 0) is 17.6 Å². The lowest BCUT2D eigenvalue weighted by molar-refractivity contribution is -0.118. The summed E-state index contributed by atoms with van der Waals surface area (Å²) in [6, 6.07) is 19.9. The quantitative estimate of drug-likeness (QED) is 0.224. The minimum absolute atomic E-state index is 0.257. The molecule has 1 fully saturated rings. The molecule has 4 aromatic rings. The average molecular weight is 509 g/mol. The van der Waals surface area contributed by atoms with E-state index >= 15 is 0 Å². The minimum atomic E-state index is 0.257. The first kappa shape index (κ1) is 25.8. The topological polar surface area (TPSA) is 69.9 Å². The summed E-state index contributed by atoms with van der Waals surface area (Å²) in [7, 11) is 1.66. The maximum absolute atomic E-state index is 13.2. The number of hydrogen-bond donors (Lipinski definition) is 0. The van der Waals surface area contributed by atoms with Crippen LogP contribution < -0.4 is 4.74 Å². The van der Waals surface area contributed by atoms with Crippen molar-refractivity contribution in [2.75, 3.05) is 7.11 Å². The van der Waals surface area contributed by atoms with Crippen molar-refractivity contribution in [3.63, 3.8) is 0 Å². The molecule has 2 aromatic carbocycles. The van der Waals surface area contributed by atoms with Crippen molar-refractivity contribution >= 4 is 5.78 Å². The molecule has 2 unspecified atom stereocenters. The summed E-state index contributed by atoms with van der Waals surface area (Å²) in [6.07, 6.45) is 14.6. The minimum Gasteiger partial charge on any atom is -0.497 e. The van der Waals surface area contributed by atoms with E-state index in [-0.39, 0.29) is 5.78 Å². The number of carbonyl (C=O) groups excluding carboxylic acids is 1. The third-order valence-electron chi connectivity index (χ3n) is 7.68. The maximum Gasteiger partial charge on any atom is 0.140 e. The summed E-state index contributed by atoms with van der Waals surface area (Å²) >= 11 is 0. The molecule has 0 N–H and O–H groups in total. The van der Waals surface area contributed by atoms with Gasteiger partial charge in [-0.25, -0.2) is 15.0 Å². The van der Waals surface area contributed by atoms with Gasteiger partial charge >= 0.3 is 0 Å². The Morgan fingerprint density at radius 1 is 0.921 bits per heavy atom. The first-order chi connectivity index (χ1) is 18.7. The van der Waals surface area contributed by atoms with Gasteiger partial charge in [0.1, 0.15) is 23.2 Å². The van der Waals surface area contributed by atoms with Gasteiger partial charge < -0.3 is 9.30 Å². The number of benzene rings is 2. The number of aromatic nitrogens is 4. The SMILES string of the molecule is COc1ccc(-c2cn(-c3ccccc3)c(CC(=O)CCC3CCCC(Cc4ncccn4)CC3)n2)cc1. The molecule has 196 valence electrons. The zero-order chi connectivity index (χ0) is 26.2. The summed E-state index contributed by atoms with van der Waals surface area (Å²) in [5.41, 5.74) is 2.87. The van der Waals surface area contributed by atoms with Gasteiger partial charge in [-0.05, 0) is 67.1 Å². The number of para-hydroxylation sites is 1. The predicted molar refractivity (Wildman–Crippen MR) is 149 cm³/mol. The third kappa shape index (κ3) is 6.74. The van der Waals surface area contributed by atoms with Crippen LogP contribution in [0.15, 0.2) is 79.3 Å². The van der Waals surface area contributed by atoms with E-state index in [2.05, 4.69) is 26.7 Å². The molecule has 6 nitrogen and oxygen atoms in total. The fourth-order valence-corrected chi connectivity index (χ4v) is 5.53. The number of ether oxygens (including phenoxy) is 1. The van der Waals surface area contributed by atoms with Gasteiger partial charge in [0, 0.05) is 42.7 Å². The van der Waals surface area contributed by atoms with Crippen molar-refractivity contribution < 1.29 is 9.53 Å². The molecule has 0 aliphatic heterocycles. The second-order valence-electron chi connectivity index (χ2n) is 10.3. The van der Waals surface area contributed by atoms with Crippen molar-refractivity contribution in [1.29, 1.82) is 0 Å². The molecule has 0 saturated heterocycles. The molecule has 0 radical (unpaired) electrons. The average Bonchev–Trinajstić information content (AvgIpc) is 3.25. The number of imidazole rings is 1. The molecule has 38 heavy (non-hydrogen) atoms. The molecule has 1 saturated carbocycles. The number of carbonyl (C=O) groups is 1. The van der Waals surface area contributed by atoms with E-state index in [0.717, 1.165) is 47.2 Å². The van der Waals surface area contributed by atoms with Crippen molar-refractivity contribution in [3.05, 3.63) is 90.9 Å². The standard InChI is InChI=1S/C32H36N4O2/c1-38-29-17-14-26(15-18-29)30-23-36(27-9-3-2-4-10-27)32(35-30)22-28(37)16-13-24-7-5-8-25(12-11-24)21-31-33-19-6-20-34-31/h2-4,6,9-10,14-15,17-20,23-25H,5,7-8,11-13,16,21-22H2,1H3. The van der Waals surface area contributed by atoms with Crippen LogP contribution in [-0.4, -0.2) is 32.4 Å². The van der Waals surface area contributed by atoms with E-state index < -0.39 is 0 Å². The summed E-state index contributed by atoms with van der Waals surface area (Å²) in [5, 5.41) is 0. The lowest BCUT2D eigenvalue weighted by atomic mass is 9.92. The molecular weight excluding hydrogens is 472 g/mol. The molecular formula is C32H36N4O2. The zero-order valence-electron chi connectivity index (χ0n) is 22.1. The lowest BCUT2D eigenvalue weighted by Crippen LogP contribution is -2.11. The van der Waals surface area contributed by atoms with Gasteiger partial charge in [0.15, 0.2) is 0 Å².